The lowest BCUT2D eigenvalue weighted by Crippen LogP contribution is -2.47. The first-order valence-electron chi connectivity index (χ1n) is 5.71. The average molecular weight is 219 g/mol. The highest BCUT2D eigenvalue weighted by Gasteiger charge is 2.30. The Kier molecular flexibility index (Phi) is 4.27. The van der Waals surface area contributed by atoms with Gasteiger partial charge in [0, 0.05) is 5.56 Å². The van der Waals surface area contributed by atoms with Gasteiger partial charge in [0.1, 0.15) is 0 Å². The Morgan fingerprint density at radius 1 is 1.07 bits per heavy atom. The molecule has 81 valence electrons. The van der Waals surface area contributed by atoms with Crippen molar-refractivity contribution in [1.29, 1.82) is 0 Å². The van der Waals surface area contributed by atoms with E-state index in [4.69, 9.17) is 0 Å². The van der Waals surface area contributed by atoms with Crippen molar-refractivity contribution in [3.63, 3.8) is 0 Å². The van der Waals surface area contributed by atoms with Gasteiger partial charge in [-0.2, -0.15) is 0 Å². The van der Waals surface area contributed by atoms with Crippen LogP contribution in [0.25, 0.3) is 0 Å². The zero-order valence-electron chi connectivity index (χ0n) is 9.84. The molecule has 0 saturated heterocycles. The van der Waals surface area contributed by atoms with Gasteiger partial charge in [0.2, 0.25) is 6.29 Å². The lowest BCUT2D eigenvalue weighted by Gasteiger charge is -2.29. The Morgan fingerprint density at radius 3 is 2.07 bits per heavy atom. The highest BCUT2D eigenvalue weighted by molar-refractivity contribution is 6.92. The predicted octanol–water partition coefficient (Wildman–Crippen LogP) is 2.86. The van der Waals surface area contributed by atoms with Crippen LogP contribution in [-0.2, 0) is 4.79 Å². The maximum absolute atomic E-state index is 10.9. The number of hydrogen-bond acceptors (Lipinski definition) is 1. The van der Waals surface area contributed by atoms with Crippen molar-refractivity contribution in [3.8, 4) is 0 Å². The largest absolute Gasteiger partial charge is 0.285 e. The summed E-state index contributed by atoms with van der Waals surface area (Å²) in [7, 11) is -1.42. The van der Waals surface area contributed by atoms with E-state index < -0.39 is 8.07 Å². The fourth-order valence-electron chi connectivity index (χ4n) is 2.36. The van der Waals surface area contributed by atoms with E-state index >= 15 is 0 Å². The molecule has 1 aromatic rings. The summed E-state index contributed by atoms with van der Waals surface area (Å²) < 4.78 is 0. The first-order valence-corrected chi connectivity index (χ1v) is 8.33. The second-order valence-electron chi connectivity index (χ2n) is 3.99. The van der Waals surface area contributed by atoms with Gasteiger partial charge < -0.3 is 0 Å². The SMILES string of the molecule is CC[Si](CC)(CC)c1ccccc1[C]=O. The molecule has 0 N–H and O–H groups in total. The van der Waals surface area contributed by atoms with Gasteiger partial charge in [0.05, 0.1) is 8.07 Å². The Bertz CT molecular complexity index is 321. The monoisotopic (exact) mass is 219 g/mol. The van der Waals surface area contributed by atoms with Crippen molar-refractivity contribution in [2.45, 2.75) is 38.9 Å². The van der Waals surface area contributed by atoms with Crippen molar-refractivity contribution in [2.75, 3.05) is 0 Å². The Morgan fingerprint density at radius 2 is 1.60 bits per heavy atom. The third-order valence-corrected chi connectivity index (χ3v) is 9.28. The van der Waals surface area contributed by atoms with Crippen LogP contribution in [0.3, 0.4) is 0 Å². The van der Waals surface area contributed by atoms with Gasteiger partial charge in [0.25, 0.3) is 0 Å². The van der Waals surface area contributed by atoms with E-state index in [1.54, 1.807) is 0 Å². The maximum atomic E-state index is 10.9. The molecule has 0 atom stereocenters. The van der Waals surface area contributed by atoms with Crippen molar-refractivity contribution in [3.05, 3.63) is 29.8 Å². The Hall–Kier alpha value is -0.893. The molecule has 0 aliphatic rings. The van der Waals surface area contributed by atoms with Gasteiger partial charge in [-0.1, -0.05) is 63.2 Å². The van der Waals surface area contributed by atoms with Gasteiger partial charge in [-0.25, -0.2) is 0 Å². The average Bonchev–Trinajstić information content (AvgIpc) is 2.33. The van der Waals surface area contributed by atoms with Crippen LogP contribution < -0.4 is 5.19 Å². The highest BCUT2D eigenvalue weighted by Crippen LogP contribution is 2.21. The quantitative estimate of drug-likeness (QED) is 0.696. The molecule has 15 heavy (non-hydrogen) atoms. The van der Waals surface area contributed by atoms with Crippen molar-refractivity contribution in [1.82, 2.24) is 0 Å². The smallest absolute Gasteiger partial charge is 0.233 e. The summed E-state index contributed by atoms with van der Waals surface area (Å²) in [6, 6.07) is 11.6. The molecule has 1 aromatic carbocycles. The second-order valence-corrected chi connectivity index (χ2v) is 9.21. The molecule has 1 rings (SSSR count). The molecular formula is C13H19OSi. The summed E-state index contributed by atoms with van der Waals surface area (Å²) in [5.74, 6) is 0. The second kappa shape index (κ2) is 5.26. The molecule has 1 radical (unpaired) electrons. The summed E-state index contributed by atoms with van der Waals surface area (Å²) in [4.78, 5) is 10.9. The molecule has 2 heteroatoms. The molecule has 0 bridgehead atoms. The molecule has 0 spiro atoms. The molecule has 1 nitrogen and oxygen atoms in total. The van der Waals surface area contributed by atoms with Crippen LogP contribution in [0.4, 0.5) is 0 Å². The first kappa shape index (κ1) is 12.2. The van der Waals surface area contributed by atoms with E-state index in [0.29, 0.717) is 0 Å². The highest BCUT2D eigenvalue weighted by atomic mass is 28.3. The first-order chi connectivity index (χ1) is 7.24. The summed E-state index contributed by atoms with van der Waals surface area (Å²) in [6.45, 7) is 6.75. The number of rotatable bonds is 5. The van der Waals surface area contributed by atoms with E-state index in [9.17, 15) is 4.79 Å². The fraction of sp³-hybridized carbons (Fsp3) is 0.462. The standard InChI is InChI=1S/C13H19OSi/c1-4-15(5-2,6-3)13-10-8-7-9-12(13)11-14/h7-10H,4-6H2,1-3H3. The van der Waals surface area contributed by atoms with Gasteiger partial charge in [-0.3, -0.25) is 4.79 Å². The third kappa shape index (κ3) is 2.20. The van der Waals surface area contributed by atoms with Crippen LogP contribution in [0.1, 0.15) is 26.3 Å². The predicted molar refractivity (Wildman–Crippen MR) is 68.1 cm³/mol. The van der Waals surface area contributed by atoms with Crippen LogP contribution in [0.15, 0.2) is 24.3 Å². The van der Waals surface area contributed by atoms with E-state index in [-0.39, 0.29) is 0 Å². The summed E-state index contributed by atoms with van der Waals surface area (Å²) >= 11 is 0. The van der Waals surface area contributed by atoms with Crippen molar-refractivity contribution in [2.24, 2.45) is 0 Å². The Labute approximate surface area is 93.5 Å². The maximum Gasteiger partial charge on any atom is 0.233 e. The fourth-order valence-corrected chi connectivity index (χ4v) is 6.15. The molecule has 0 saturated carbocycles. The van der Waals surface area contributed by atoms with Crippen LogP contribution >= 0.6 is 0 Å². The molecule has 0 unspecified atom stereocenters. The zero-order chi connectivity index (χ0) is 11.3. The summed E-state index contributed by atoms with van der Waals surface area (Å²) in [5.41, 5.74) is 0.787. The molecule has 0 amide bonds. The molecule has 0 aliphatic carbocycles. The summed E-state index contributed by atoms with van der Waals surface area (Å²) in [6.07, 6.45) is 2.09. The lowest BCUT2D eigenvalue weighted by atomic mass is 10.2. The van der Waals surface area contributed by atoms with Crippen molar-refractivity contribution < 1.29 is 4.79 Å². The van der Waals surface area contributed by atoms with Crippen LogP contribution in [0.5, 0.6) is 0 Å². The lowest BCUT2D eigenvalue weighted by molar-refractivity contribution is 0.563. The minimum atomic E-state index is -1.42. The number of benzene rings is 1. The van der Waals surface area contributed by atoms with Crippen LogP contribution in [-0.4, -0.2) is 14.4 Å². The van der Waals surface area contributed by atoms with E-state index in [2.05, 4.69) is 33.1 Å². The molecule has 0 fully saturated rings. The van der Waals surface area contributed by atoms with Gasteiger partial charge in [-0.05, 0) is 5.19 Å². The normalized spacial score (nSPS) is 11.4. The van der Waals surface area contributed by atoms with Crippen LogP contribution in [0.2, 0.25) is 18.1 Å². The molecule has 0 aromatic heterocycles. The topological polar surface area (TPSA) is 17.1 Å². The third-order valence-electron chi connectivity index (χ3n) is 3.64. The van der Waals surface area contributed by atoms with Gasteiger partial charge >= 0.3 is 0 Å². The number of carbonyl (C=O) groups excluding carboxylic acids is 1. The number of hydrogen-bond donors (Lipinski definition) is 0. The molecular weight excluding hydrogens is 200 g/mol. The molecule has 0 heterocycles. The zero-order valence-corrected chi connectivity index (χ0v) is 10.8. The Balaban J connectivity index is 3.27. The summed E-state index contributed by atoms with van der Waals surface area (Å²) in [5, 5.41) is 1.30. The molecule has 0 aliphatic heterocycles. The van der Waals surface area contributed by atoms with E-state index in [0.717, 1.165) is 5.56 Å². The van der Waals surface area contributed by atoms with E-state index in [1.165, 1.54) is 23.3 Å². The van der Waals surface area contributed by atoms with Crippen LogP contribution in [0, 0.1) is 0 Å². The van der Waals surface area contributed by atoms with Gasteiger partial charge in [-0.15, -0.1) is 0 Å². The van der Waals surface area contributed by atoms with Crippen molar-refractivity contribution >= 4 is 19.5 Å². The minimum absolute atomic E-state index is 0.787. The minimum Gasteiger partial charge on any atom is -0.285 e. The van der Waals surface area contributed by atoms with Gasteiger partial charge in [0.15, 0.2) is 0 Å². The van der Waals surface area contributed by atoms with E-state index in [1.807, 2.05) is 18.2 Å².